The summed E-state index contributed by atoms with van der Waals surface area (Å²) in [6, 6.07) is -0.0254. The number of hydrogen-bond acceptors (Lipinski definition) is 6. The van der Waals surface area contributed by atoms with E-state index in [0.717, 1.165) is 18.7 Å². The van der Waals surface area contributed by atoms with Crippen LogP contribution in [-0.2, 0) is 14.6 Å². The summed E-state index contributed by atoms with van der Waals surface area (Å²) in [5.74, 6) is 1.84. The Balaban J connectivity index is 2.60. The number of nitrogens with zero attached hydrogens (tertiary/aromatic N) is 1. The second-order valence-electron chi connectivity index (χ2n) is 4.52. The van der Waals surface area contributed by atoms with Gasteiger partial charge in [0.1, 0.15) is 5.37 Å². The van der Waals surface area contributed by atoms with E-state index in [0.29, 0.717) is 18.9 Å². The van der Waals surface area contributed by atoms with Crippen molar-refractivity contribution >= 4 is 21.6 Å². The summed E-state index contributed by atoms with van der Waals surface area (Å²) in [5, 5.41) is -0.366. The molecule has 5 nitrogen and oxygen atoms in total. The van der Waals surface area contributed by atoms with Crippen LogP contribution in [0.15, 0.2) is 0 Å². The first-order valence-corrected chi connectivity index (χ1v) is 9.16. The maximum absolute atomic E-state index is 12.0. The number of hydrogen-bond donors (Lipinski definition) is 1. The standard InChI is InChI=1S/C11H24N2O3S2/c1-3-18(14,15)11-9-17-7-5-13(11)8-10(12)4-6-16-2/h10-11H,3-9,12H2,1-2H3. The molecule has 0 radical (unpaired) electrons. The number of rotatable bonds is 7. The van der Waals surface area contributed by atoms with Crippen molar-refractivity contribution in [3.8, 4) is 0 Å². The Bertz CT molecular complexity index is 335. The van der Waals surface area contributed by atoms with Crippen molar-refractivity contribution in [3.05, 3.63) is 0 Å². The summed E-state index contributed by atoms with van der Waals surface area (Å²) in [4.78, 5) is 2.02. The van der Waals surface area contributed by atoms with Crippen LogP contribution < -0.4 is 5.73 Å². The molecule has 1 aliphatic rings. The molecular weight excluding hydrogens is 272 g/mol. The first-order valence-electron chi connectivity index (χ1n) is 6.29. The van der Waals surface area contributed by atoms with Gasteiger partial charge in [-0.15, -0.1) is 0 Å². The fourth-order valence-electron chi connectivity index (χ4n) is 2.01. The van der Waals surface area contributed by atoms with Gasteiger partial charge in [0.2, 0.25) is 0 Å². The molecule has 0 spiro atoms. The zero-order valence-corrected chi connectivity index (χ0v) is 12.8. The van der Waals surface area contributed by atoms with E-state index < -0.39 is 9.84 Å². The van der Waals surface area contributed by atoms with Gasteiger partial charge in [-0.05, 0) is 6.42 Å². The lowest BCUT2D eigenvalue weighted by molar-refractivity contribution is 0.174. The normalized spacial score (nSPS) is 24.1. The topological polar surface area (TPSA) is 72.6 Å². The Morgan fingerprint density at radius 1 is 1.56 bits per heavy atom. The van der Waals surface area contributed by atoms with E-state index in [1.165, 1.54) is 0 Å². The number of nitrogens with two attached hydrogens (primary N) is 1. The van der Waals surface area contributed by atoms with Crippen molar-refractivity contribution in [1.29, 1.82) is 0 Å². The van der Waals surface area contributed by atoms with Crippen molar-refractivity contribution in [2.45, 2.75) is 24.8 Å². The predicted octanol–water partition coefficient (Wildman–Crippen LogP) is 0.160. The van der Waals surface area contributed by atoms with Crippen LogP contribution >= 0.6 is 11.8 Å². The first kappa shape index (κ1) is 16.2. The Labute approximate surface area is 114 Å². The maximum atomic E-state index is 12.0. The van der Waals surface area contributed by atoms with E-state index in [-0.39, 0.29) is 17.2 Å². The highest BCUT2D eigenvalue weighted by Crippen LogP contribution is 2.21. The van der Waals surface area contributed by atoms with Crippen LogP contribution in [0.2, 0.25) is 0 Å². The molecule has 0 saturated carbocycles. The van der Waals surface area contributed by atoms with E-state index in [1.807, 2.05) is 4.90 Å². The number of methoxy groups -OCH3 is 1. The van der Waals surface area contributed by atoms with Gasteiger partial charge in [-0.3, -0.25) is 4.90 Å². The van der Waals surface area contributed by atoms with Gasteiger partial charge in [-0.25, -0.2) is 8.42 Å². The predicted molar refractivity (Wildman–Crippen MR) is 76.6 cm³/mol. The van der Waals surface area contributed by atoms with E-state index >= 15 is 0 Å². The summed E-state index contributed by atoms with van der Waals surface area (Å²) >= 11 is 1.71. The quantitative estimate of drug-likeness (QED) is 0.721. The highest BCUT2D eigenvalue weighted by atomic mass is 32.2. The summed E-state index contributed by atoms with van der Waals surface area (Å²) in [6.07, 6.45) is 0.763. The summed E-state index contributed by atoms with van der Waals surface area (Å²) in [5.41, 5.74) is 6.01. The van der Waals surface area contributed by atoms with Crippen molar-refractivity contribution in [2.24, 2.45) is 5.73 Å². The van der Waals surface area contributed by atoms with Crippen LogP contribution in [0.1, 0.15) is 13.3 Å². The third-order valence-electron chi connectivity index (χ3n) is 3.17. The number of thioether (sulfide) groups is 1. The second-order valence-corrected chi connectivity index (χ2v) is 8.11. The molecule has 2 N–H and O–H groups in total. The molecule has 18 heavy (non-hydrogen) atoms. The largest absolute Gasteiger partial charge is 0.385 e. The summed E-state index contributed by atoms with van der Waals surface area (Å²) < 4.78 is 29.1. The second kappa shape index (κ2) is 7.69. The van der Waals surface area contributed by atoms with Crippen LogP contribution in [0, 0.1) is 0 Å². The fraction of sp³-hybridized carbons (Fsp3) is 1.00. The minimum Gasteiger partial charge on any atom is -0.385 e. The molecule has 2 atom stereocenters. The highest BCUT2D eigenvalue weighted by Gasteiger charge is 2.33. The van der Waals surface area contributed by atoms with Gasteiger partial charge in [0.05, 0.1) is 0 Å². The third-order valence-corrected chi connectivity index (χ3v) is 6.50. The van der Waals surface area contributed by atoms with E-state index in [9.17, 15) is 8.42 Å². The maximum Gasteiger partial charge on any atom is 0.166 e. The average molecular weight is 296 g/mol. The van der Waals surface area contributed by atoms with Crippen LogP contribution in [0.3, 0.4) is 0 Å². The number of sulfone groups is 1. The molecule has 0 aromatic heterocycles. The van der Waals surface area contributed by atoms with Gasteiger partial charge in [-0.2, -0.15) is 11.8 Å². The number of ether oxygens (including phenoxy) is 1. The molecule has 0 aliphatic carbocycles. The molecule has 0 aromatic carbocycles. The Morgan fingerprint density at radius 3 is 2.89 bits per heavy atom. The molecule has 1 rings (SSSR count). The molecule has 1 heterocycles. The lowest BCUT2D eigenvalue weighted by Gasteiger charge is -2.36. The van der Waals surface area contributed by atoms with Crippen LogP contribution in [-0.4, -0.2) is 68.8 Å². The van der Waals surface area contributed by atoms with Crippen molar-refractivity contribution in [2.75, 3.05) is 44.1 Å². The highest BCUT2D eigenvalue weighted by molar-refractivity contribution is 8.01. The molecule has 0 amide bonds. The Morgan fingerprint density at radius 2 is 2.28 bits per heavy atom. The van der Waals surface area contributed by atoms with Gasteiger partial charge in [0.15, 0.2) is 9.84 Å². The van der Waals surface area contributed by atoms with Gasteiger partial charge >= 0.3 is 0 Å². The molecular formula is C11H24N2O3S2. The Hall–Kier alpha value is 0.180. The molecule has 0 aromatic rings. The zero-order valence-electron chi connectivity index (χ0n) is 11.2. The molecule has 7 heteroatoms. The first-order chi connectivity index (χ1) is 8.51. The van der Waals surface area contributed by atoms with Crippen LogP contribution in [0.25, 0.3) is 0 Å². The molecule has 2 unspecified atom stereocenters. The molecule has 1 saturated heterocycles. The Kier molecular flexibility index (Phi) is 6.94. The summed E-state index contributed by atoms with van der Waals surface area (Å²) in [6.45, 7) is 3.76. The molecule has 0 bridgehead atoms. The lowest BCUT2D eigenvalue weighted by atomic mass is 10.2. The van der Waals surface area contributed by atoms with Crippen molar-refractivity contribution in [3.63, 3.8) is 0 Å². The monoisotopic (exact) mass is 296 g/mol. The SMILES string of the molecule is CCS(=O)(=O)C1CSCCN1CC(N)CCOC. The zero-order chi connectivity index (χ0) is 13.6. The van der Waals surface area contributed by atoms with Gasteiger partial charge in [0, 0.05) is 50.1 Å². The molecule has 1 fully saturated rings. The van der Waals surface area contributed by atoms with Gasteiger partial charge < -0.3 is 10.5 Å². The average Bonchev–Trinajstić information content (AvgIpc) is 2.37. The van der Waals surface area contributed by atoms with Crippen LogP contribution in [0.4, 0.5) is 0 Å². The van der Waals surface area contributed by atoms with Gasteiger partial charge in [0.25, 0.3) is 0 Å². The summed E-state index contributed by atoms with van der Waals surface area (Å²) in [7, 11) is -1.37. The van der Waals surface area contributed by atoms with E-state index in [2.05, 4.69) is 0 Å². The van der Waals surface area contributed by atoms with Gasteiger partial charge in [-0.1, -0.05) is 6.92 Å². The van der Waals surface area contributed by atoms with E-state index in [1.54, 1.807) is 25.8 Å². The molecule has 108 valence electrons. The van der Waals surface area contributed by atoms with E-state index in [4.69, 9.17) is 10.5 Å². The smallest absolute Gasteiger partial charge is 0.166 e. The molecule has 1 aliphatic heterocycles. The van der Waals surface area contributed by atoms with Crippen molar-refractivity contribution < 1.29 is 13.2 Å². The third kappa shape index (κ3) is 4.70. The minimum atomic E-state index is -3.02. The van der Waals surface area contributed by atoms with Crippen LogP contribution in [0.5, 0.6) is 0 Å². The lowest BCUT2D eigenvalue weighted by Crippen LogP contribution is -2.51. The minimum absolute atomic E-state index is 0.0254. The fourth-order valence-corrected chi connectivity index (χ4v) is 5.10. The van der Waals surface area contributed by atoms with Crippen molar-refractivity contribution in [1.82, 2.24) is 4.90 Å².